The van der Waals surface area contributed by atoms with E-state index in [1.165, 1.54) is 7.11 Å². The number of aliphatic hydroxyl groups excluding tert-OH is 2. The minimum Gasteiger partial charge on any atom is -0.453 e. The van der Waals surface area contributed by atoms with Crippen molar-refractivity contribution in [3.63, 3.8) is 0 Å². The highest BCUT2D eigenvalue weighted by Crippen LogP contribution is 2.37. The Bertz CT molecular complexity index is 644. The fraction of sp³-hybridized carbons (Fsp3) is 0.650. The van der Waals surface area contributed by atoms with E-state index in [1.807, 2.05) is 0 Å². The Morgan fingerprint density at radius 1 is 1.14 bits per heavy atom. The number of methoxy groups -OCH3 is 1. The Morgan fingerprint density at radius 3 is 2.29 bits per heavy atom. The van der Waals surface area contributed by atoms with E-state index in [0.29, 0.717) is 5.56 Å². The van der Waals surface area contributed by atoms with Crippen LogP contribution in [0.25, 0.3) is 0 Å². The summed E-state index contributed by atoms with van der Waals surface area (Å²) in [6.07, 6.45) is -5.60. The first-order chi connectivity index (χ1) is 13.0. The second-order valence-electron chi connectivity index (χ2n) is 8.57. The predicted molar refractivity (Wildman–Crippen MR) is 106 cm³/mol. The van der Waals surface area contributed by atoms with Crippen molar-refractivity contribution in [2.45, 2.75) is 69.6 Å². The van der Waals surface area contributed by atoms with Gasteiger partial charge in [-0.25, -0.2) is 4.79 Å². The number of rotatable bonds is 6. The molecule has 1 aromatic carbocycles. The molecule has 1 aliphatic heterocycles. The lowest BCUT2D eigenvalue weighted by Gasteiger charge is -2.43. The first-order valence-corrected chi connectivity index (χ1v) is 12.3. The minimum atomic E-state index is -2.08. The molecule has 7 nitrogen and oxygen atoms in total. The molecule has 0 aromatic heterocycles. The molecule has 2 rings (SSSR count). The van der Waals surface area contributed by atoms with Crippen LogP contribution >= 0.6 is 0 Å². The van der Waals surface area contributed by atoms with Gasteiger partial charge in [0.05, 0.1) is 12.2 Å². The van der Waals surface area contributed by atoms with Gasteiger partial charge in [-0.15, -0.1) is 0 Å². The van der Waals surface area contributed by atoms with Crippen LogP contribution in [0, 0.1) is 0 Å². The van der Waals surface area contributed by atoms with Crippen LogP contribution in [0.3, 0.4) is 0 Å². The average molecular weight is 413 g/mol. The van der Waals surface area contributed by atoms with Crippen molar-refractivity contribution >= 4 is 14.3 Å². The number of hydrogen-bond donors (Lipinski definition) is 2. The van der Waals surface area contributed by atoms with Gasteiger partial charge in [-0.05, 0) is 30.3 Å². The molecular weight excluding hydrogens is 380 g/mol. The van der Waals surface area contributed by atoms with Gasteiger partial charge in [0.25, 0.3) is 0 Å². The summed E-state index contributed by atoms with van der Waals surface area (Å²) in [5, 5.41) is 21.2. The topological polar surface area (TPSA) is 94.5 Å². The van der Waals surface area contributed by atoms with Gasteiger partial charge in [-0.1, -0.05) is 39.0 Å². The van der Waals surface area contributed by atoms with Gasteiger partial charge in [-0.3, -0.25) is 0 Å². The molecule has 0 bridgehead atoms. The second kappa shape index (κ2) is 9.02. The Balaban J connectivity index is 2.13. The Hall–Kier alpha value is -1.29. The summed E-state index contributed by atoms with van der Waals surface area (Å²) in [7, 11) is -0.694. The molecule has 158 valence electrons. The number of hydrogen-bond acceptors (Lipinski definition) is 7. The highest BCUT2D eigenvalue weighted by Gasteiger charge is 2.48. The third-order valence-electron chi connectivity index (χ3n) is 5.54. The van der Waals surface area contributed by atoms with Crippen molar-refractivity contribution in [1.29, 1.82) is 0 Å². The zero-order valence-electron chi connectivity index (χ0n) is 17.4. The standard InChI is InChI=1S/C20H32O7Si/c1-20(2,3)28(5,6)25-12-14-15(21)17(16(22)19(24-4)26-14)27-18(23)13-10-8-7-9-11-13/h7-11,14-17,19,21-22H,12H2,1-6H3/t14-,15-,16+,17+,19+/m1/s1. The molecule has 1 fully saturated rings. The summed E-state index contributed by atoms with van der Waals surface area (Å²) in [4.78, 5) is 12.4. The molecule has 0 saturated carbocycles. The van der Waals surface area contributed by atoms with Crippen LogP contribution in [-0.4, -0.2) is 68.9 Å². The molecule has 0 amide bonds. The Labute approximate surface area is 167 Å². The van der Waals surface area contributed by atoms with Crippen molar-refractivity contribution in [3.05, 3.63) is 35.9 Å². The summed E-state index contributed by atoms with van der Waals surface area (Å²) in [5.41, 5.74) is 0.330. The van der Waals surface area contributed by atoms with Crippen molar-refractivity contribution in [2.24, 2.45) is 0 Å². The molecule has 0 radical (unpaired) electrons. The van der Waals surface area contributed by atoms with E-state index in [4.69, 9.17) is 18.6 Å². The van der Waals surface area contributed by atoms with Crippen LogP contribution in [0.5, 0.6) is 0 Å². The van der Waals surface area contributed by atoms with Crippen LogP contribution in [0.1, 0.15) is 31.1 Å². The molecule has 5 atom stereocenters. The van der Waals surface area contributed by atoms with Gasteiger partial charge in [0, 0.05) is 7.11 Å². The largest absolute Gasteiger partial charge is 0.453 e. The van der Waals surface area contributed by atoms with Crippen molar-refractivity contribution in [3.8, 4) is 0 Å². The van der Waals surface area contributed by atoms with Crippen LogP contribution in [0.4, 0.5) is 0 Å². The highest BCUT2D eigenvalue weighted by atomic mass is 28.4. The highest BCUT2D eigenvalue weighted by molar-refractivity contribution is 6.74. The molecular formula is C20H32O7Si. The Morgan fingerprint density at radius 2 is 1.75 bits per heavy atom. The van der Waals surface area contributed by atoms with Gasteiger partial charge < -0.3 is 28.8 Å². The molecule has 0 spiro atoms. The number of aliphatic hydroxyl groups is 2. The number of esters is 1. The first kappa shape index (κ1) is 23.0. The molecule has 1 heterocycles. The molecule has 2 N–H and O–H groups in total. The van der Waals surface area contributed by atoms with Crippen LogP contribution < -0.4 is 0 Å². The maximum Gasteiger partial charge on any atom is 0.338 e. The van der Waals surface area contributed by atoms with E-state index in [-0.39, 0.29) is 11.6 Å². The molecule has 8 heteroatoms. The summed E-state index contributed by atoms with van der Waals surface area (Å²) in [5.74, 6) is -0.635. The van der Waals surface area contributed by atoms with Crippen LogP contribution in [0.2, 0.25) is 18.1 Å². The lowest BCUT2D eigenvalue weighted by molar-refractivity contribution is -0.292. The SMILES string of the molecule is CO[C@H]1O[C@H](CO[Si](C)(C)C(C)(C)C)[C@@H](O)[C@H](OC(=O)c2ccccc2)[C@@H]1O. The lowest BCUT2D eigenvalue weighted by atomic mass is 9.99. The van der Waals surface area contributed by atoms with E-state index in [2.05, 4.69) is 33.9 Å². The maximum atomic E-state index is 12.4. The molecule has 1 aromatic rings. The molecule has 28 heavy (non-hydrogen) atoms. The molecule has 0 aliphatic carbocycles. The number of carbonyl (C=O) groups is 1. The van der Waals surface area contributed by atoms with E-state index in [9.17, 15) is 15.0 Å². The Kier molecular flexibility index (Phi) is 7.41. The summed E-state index contributed by atoms with van der Waals surface area (Å²) < 4.78 is 22.4. The molecule has 0 unspecified atom stereocenters. The number of carbonyl (C=O) groups excluding carboxylic acids is 1. The molecule has 1 aliphatic rings. The number of ether oxygens (including phenoxy) is 3. The average Bonchev–Trinajstić information content (AvgIpc) is 2.64. The summed E-state index contributed by atoms with van der Waals surface area (Å²) in [6, 6.07) is 8.41. The quantitative estimate of drug-likeness (QED) is 0.547. The van der Waals surface area contributed by atoms with Crippen molar-refractivity contribution in [2.75, 3.05) is 13.7 Å². The monoisotopic (exact) mass is 412 g/mol. The van der Waals surface area contributed by atoms with Gasteiger partial charge >= 0.3 is 5.97 Å². The van der Waals surface area contributed by atoms with Crippen molar-refractivity contribution < 1.29 is 33.6 Å². The van der Waals surface area contributed by atoms with Gasteiger partial charge in [-0.2, -0.15) is 0 Å². The second-order valence-corrected chi connectivity index (χ2v) is 13.4. The minimum absolute atomic E-state index is 0.00797. The van der Waals surface area contributed by atoms with Crippen LogP contribution in [0.15, 0.2) is 30.3 Å². The third kappa shape index (κ3) is 5.19. The first-order valence-electron chi connectivity index (χ1n) is 9.42. The zero-order valence-corrected chi connectivity index (χ0v) is 18.4. The van der Waals surface area contributed by atoms with E-state index < -0.39 is 45.0 Å². The van der Waals surface area contributed by atoms with Gasteiger partial charge in [0.1, 0.15) is 18.3 Å². The zero-order chi connectivity index (χ0) is 21.1. The number of benzene rings is 1. The summed E-state index contributed by atoms with van der Waals surface area (Å²) in [6.45, 7) is 10.6. The summed E-state index contributed by atoms with van der Waals surface area (Å²) >= 11 is 0. The smallest absolute Gasteiger partial charge is 0.338 e. The predicted octanol–water partition coefficient (Wildman–Crippen LogP) is 2.33. The lowest BCUT2D eigenvalue weighted by Crippen LogP contribution is -2.61. The van der Waals surface area contributed by atoms with Crippen molar-refractivity contribution in [1.82, 2.24) is 0 Å². The van der Waals surface area contributed by atoms with Crippen LogP contribution in [-0.2, 0) is 18.6 Å². The molecule has 1 saturated heterocycles. The third-order valence-corrected chi connectivity index (χ3v) is 10.0. The van der Waals surface area contributed by atoms with E-state index >= 15 is 0 Å². The fourth-order valence-electron chi connectivity index (χ4n) is 2.65. The maximum absolute atomic E-state index is 12.4. The van der Waals surface area contributed by atoms with E-state index in [1.54, 1.807) is 30.3 Å². The fourth-order valence-corrected chi connectivity index (χ4v) is 3.66. The van der Waals surface area contributed by atoms with E-state index in [0.717, 1.165) is 0 Å². The van der Waals surface area contributed by atoms with Gasteiger partial charge in [0.15, 0.2) is 20.7 Å². The normalized spacial score (nSPS) is 28.8. The van der Waals surface area contributed by atoms with Gasteiger partial charge in [0.2, 0.25) is 0 Å².